The third kappa shape index (κ3) is 3.79. The number of nitrogens with two attached hydrogens (primary N) is 1. The van der Waals surface area contributed by atoms with E-state index in [-0.39, 0.29) is 0 Å². The second-order valence-electron chi connectivity index (χ2n) is 5.42. The summed E-state index contributed by atoms with van der Waals surface area (Å²) in [6.45, 7) is 1.37. The van der Waals surface area contributed by atoms with Crippen LogP contribution in [0, 0.1) is 17.2 Å². The van der Waals surface area contributed by atoms with Crippen LogP contribution in [0.3, 0.4) is 0 Å². The minimum absolute atomic E-state index is 0.542. The number of nitrogens with zero attached hydrogens (tertiary/aromatic N) is 1. The Balaban J connectivity index is 1.80. The fourth-order valence-electron chi connectivity index (χ4n) is 2.66. The van der Waals surface area contributed by atoms with Crippen LogP contribution in [-0.4, -0.2) is 13.2 Å². The van der Waals surface area contributed by atoms with E-state index >= 15 is 0 Å². The van der Waals surface area contributed by atoms with Crippen molar-refractivity contribution in [2.75, 3.05) is 13.2 Å². The van der Waals surface area contributed by atoms with Crippen LogP contribution in [0.2, 0.25) is 0 Å². The van der Waals surface area contributed by atoms with Crippen molar-refractivity contribution in [2.45, 2.75) is 37.6 Å². The van der Waals surface area contributed by atoms with Crippen LogP contribution >= 0.6 is 0 Å². The molecule has 1 aromatic rings. The van der Waals surface area contributed by atoms with Gasteiger partial charge in [-0.15, -0.1) is 0 Å². The molecule has 3 heteroatoms. The molecule has 0 radical (unpaired) electrons. The molecule has 1 atom stereocenters. The maximum atomic E-state index is 9.32. The van der Waals surface area contributed by atoms with Gasteiger partial charge < -0.3 is 10.5 Å². The van der Waals surface area contributed by atoms with Gasteiger partial charge in [0.1, 0.15) is 5.54 Å². The molecule has 1 aliphatic rings. The van der Waals surface area contributed by atoms with E-state index in [2.05, 4.69) is 6.07 Å². The molecule has 1 saturated carbocycles. The Kier molecular flexibility index (Phi) is 4.95. The Bertz CT molecular complexity index is 420. The van der Waals surface area contributed by atoms with Crippen LogP contribution in [0.1, 0.15) is 37.7 Å². The molecule has 102 valence electrons. The lowest BCUT2D eigenvalue weighted by Gasteiger charge is -2.22. The van der Waals surface area contributed by atoms with Crippen LogP contribution in [0.25, 0.3) is 0 Å². The summed E-state index contributed by atoms with van der Waals surface area (Å²) in [5.74, 6) is 0.714. The standard InChI is InChI=1S/C16H22N2O/c17-13-16(18,15-8-2-1-3-9-15)10-11-19-12-14-6-4-5-7-14/h1-3,8-9,14H,4-7,10-12,18H2. The van der Waals surface area contributed by atoms with Crippen molar-refractivity contribution in [1.82, 2.24) is 0 Å². The predicted molar refractivity (Wildman–Crippen MR) is 75.3 cm³/mol. The largest absolute Gasteiger partial charge is 0.381 e. The van der Waals surface area contributed by atoms with E-state index in [0.717, 1.165) is 12.2 Å². The smallest absolute Gasteiger partial charge is 0.132 e. The highest BCUT2D eigenvalue weighted by atomic mass is 16.5. The first-order valence-electron chi connectivity index (χ1n) is 7.08. The lowest BCUT2D eigenvalue weighted by atomic mass is 9.89. The number of rotatable bonds is 6. The van der Waals surface area contributed by atoms with Crippen LogP contribution in [0.5, 0.6) is 0 Å². The number of hydrogen-bond acceptors (Lipinski definition) is 3. The van der Waals surface area contributed by atoms with Gasteiger partial charge in [-0.3, -0.25) is 0 Å². The molecule has 1 unspecified atom stereocenters. The van der Waals surface area contributed by atoms with Crippen LogP contribution in [0.15, 0.2) is 30.3 Å². The summed E-state index contributed by atoms with van der Waals surface area (Å²) < 4.78 is 5.71. The molecule has 3 nitrogen and oxygen atoms in total. The molecular formula is C16H22N2O. The van der Waals surface area contributed by atoms with Crippen LogP contribution in [0.4, 0.5) is 0 Å². The average Bonchev–Trinajstić information content (AvgIpc) is 2.97. The highest BCUT2D eigenvalue weighted by molar-refractivity contribution is 5.30. The van der Waals surface area contributed by atoms with Crippen molar-refractivity contribution in [2.24, 2.45) is 11.7 Å². The molecule has 0 amide bonds. The van der Waals surface area contributed by atoms with E-state index in [1.807, 2.05) is 30.3 Å². The molecule has 1 fully saturated rings. The normalized spacial score (nSPS) is 18.9. The molecule has 2 N–H and O–H groups in total. The first-order valence-corrected chi connectivity index (χ1v) is 7.08. The van der Waals surface area contributed by atoms with Crippen LogP contribution < -0.4 is 5.73 Å². The number of ether oxygens (including phenoxy) is 1. The lowest BCUT2D eigenvalue weighted by Crippen LogP contribution is -2.36. The Morgan fingerprint density at radius 2 is 1.95 bits per heavy atom. The van der Waals surface area contributed by atoms with Gasteiger partial charge in [-0.1, -0.05) is 43.2 Å². The predicted octanol–water partition coefficient (Wildman–Crippen LogP) is 2.96. The summed E-state index contributed by atoms with van der Waals surface area (Å²) in [6, 6.07) is 11.8. The van der Waals surface area contributed by atoms with Gasteiger partial charge in [-0.25, -0.2) is 0 Å². The van der Waals surface area contributed by atoms with Crippen molar-refractivity contribution in [3.63, 3.8) is 0 Å². The minimum Gasteiger partial charge on any atom is -0.381 e. The molecule has 0 bridgehead atoms. The summed E-state index contributed by atoms with van der Waals surface area (Å²) >= 11 is 0. The van der Waals surface area contributed by atoms with Crippen LogP contribution in [-0.2, 0) is 10.3 Å². The van der Waals surface area contributed by atoms with Gasteiger partial charge in [0.15, 0.2) is 0 Å². The molecule has 0 spiro atoms. The molecule has 1 aromatic carbocycles. The second kappa shape index (κ2) is 6.70. The Labute approximate surface area is 115 Å². The third-order valence-electron chi connectivity index (χ3n) is 3.96. The van der Waals surface area contributed by atoms with Gasteiger partial charge in [-0.2, -0.15) is 5.26 Å². The van der Waals surface area contributed by atoms with Crippen molar-refractivity contribution in [3.05, 3.63) is 35.9 Å². The molecule has 0 aliphatic heterocycles. The van der Waals surface area contributed by atoms with Gasteiger partial charge in [-0.05, 0) is 24.3 Å². The van der Waals surface area contributed by atoms with Crippen molar-refractivity contribution >= 4 is 0 Å². The van der Waals surface area contributed by atoms with E-state index in [9.17, 15) is 5.26 Å². The van der Waals surface area contributed by atoms with E-state index in [0.29, 0.717) is 18.9 Å². The SMILES string of the molecule is N#CC(N)(CCOCC1CCCC1)c1ccccc1. The minimum atomic E-state index is -0.934. The topological polar surface area (TPSA) is 59.0 Å². The van der Waals surface area contributed by atoms with Gasteiger partial charge in [0.25, 0.3) is 0 Å². The highest BCUT2D eigenvalue weighted by Gasteiger charge is 2.26. The molecule has 1 aliphatic carbocycles. The molecule has 0 saturated heterocycles. The maximum absolute atomic E-state index is 9.32. The average molecular weight is 258 g/mol. The summed E-state index contributed by atoms with van der Waals surface area (Å²) in [5, 5.41) is 9.32. The zero-order valence-corrected chi connectivity index (χ0v) is 11.3. The summed E-state index contributed by atoms with van der Waals surface area (Å²) in [6.07, 6.45) is 5.77. The molecular weight excluding hydrogens is 236 g/mol. The highest BCUT2D eigenvalue weighted by Crippen LogP contribution is 2.25. The zero-order valence-electron chi connectivity index (χ0n) is 11.3. The van der Waals surface area contributed by atoms with E-state index in [1.54, 1.807) is 0 Å². The van der Waals surface area contributed by atoms with E-state index in [1.165, 1.54) is 25.7 Å². The molecule has 2 rings (SSSR count). The number of hydrogen-bond donors (Lipinski definition) is 1. The maximum Gasteiger partial charge on any atom is 0.132 e. The van der Waals surface area contributed by atoms with Crippen molar-refractivity contribution in [3.8, 4) is 6.07 Å². The Hall–Kier alpha value is -1.37. The molecule has 19 heavy (non-hydrogen) atoms. The first-order chi connectivity index (χ1) is 9.24. The third-order valence-corrected chi connectivity index (χ3v) is 3.96. The van der Waals surface area contributed by atoms with E-state index in [4.69, 9.17) is 10.5 Å². The monoisotopic (exact) mass is 258 g/mol. The fraction of sp³-hybridized carbons (Fsp3) is 0.562. The number of nitriles is 1. The van der Waals surface area contributed by atoms with Gasteiger partial charge in [0, 0.05) is 19.6 Å². The Morgan fingerprint density at radius 1 is 1.26 bits per heavy atom. The van der Waals surface area contributed by atoms with Crippen molar-refractivity contribution < 1.29 is 4.74 Å². The van der Waals surface area contributed by atoms with Gasteiger partial charge in [0.2, 0.25) is 0 Å². The molecule has 0 heterocycles. The molecule has 0 aromatic heterocycles. The van der Waals surface area contributed by atoms with Gasteiger partial charge >= 0.3 is 0 Å². The number of benzene rings is 1. The summed E-state index contributed by atoms with van der Waals surface area (Å²) in [4.78, 5) is 0. The summed E-state index contributed by atoms with van der Waals surface area (Å²) in [5.41, 5.74) is 6.10. The second-order valence-corrected chi connectivity index (χ2v) is 5.42. The lowest BCUT2D eigenvalue weighted by molar-refractivity contribution is 0.0909. The quantitative estimate of drug-likeness (QED) is 0.798. The fourth-order valence-corrected chi connectivity index (χ4v) is 2.66. The first kappa shape index (κ1) is 14.0. The summed E-state index contributed by atoms with van der Waals surface area (Å²) in [7, 11) is 0. The van der Waals surface area contributed by atoms with Gasteiger partial charge in [0.05, 0.1) is 6.07 Å². The Morgan fingerprint density at radius 3 is 2.58 bits per heavy atom. The van der Waals surface area contributed by atoms with Crippen molar-refractivity contribution in [1.29, 1.82) is 5.26 Å². The zero-order chi connectivity index (χ0) is 13.6. The van der Waals surface area contributed by atoms with E-state index < -0.39 is 5.54 Å².